The number of aromatic amines is 1. The van der Waals surface area contributed by atoms with Crippen LogP contribution >= 0.6 is 23.6 Å². The molecule has 0 aliphatic carbocycles. The van der Waals surface area contributed by atoms with Crippen molar-refractivity contribution in [3.63, 3.8) is 0 Å². The van der Waals surface area contributed by atoms with Crippen LogP contribution in [-0.2, 0) is 0 Å². The summed E-state index contributed by atoms with van der Waals surface area (Å²) >= 11 is 6.38. The standard InChI is InChI=1S/C10H12N4S2/c1-14(2)8-5-3-7(4-6-8)11-9-12-13-10(15)16-9/h3-6H,1-2H3,(H,11,12)(H,13,15). The first kappa shape index (κ1) is 11.1. The Balaban J connectivity index is 2.14. The van der Waals surface area contributed by atoms with Gasteiger partial charge in [0, 0.05) is 25.5 Å². The van der Waals surface area contributed by atoms with Crippen molar-refractivity contribution < 1.29 is 0 Å². The molecule has 2 rings (SSSR count). The quantitative estimate of drug-likeness (QED) is 0.824. The minimum absolute atomic E-state index is 0.674. The number of nitrogens with zero attached hydrogens (tertiary/aromatic N) is 2. The van der Waals surface area contributed by atoms with Crippen molar-refractivity contribution in [1.82, 2.24) is 10.2 Å². The van der Waals surface area contributed by atoms with Gasteiger partial charge >= 0.3 is 0 Å². The molecule has 16 heavy (non-hydrogen) atoms. The SMILES string of the molecule is CN(C)c1ccc(Nc2n[nH]c(=S)s2)cc1. The number of aromatic nitrogens is 2. The molecule has 0 bridgehead atoms. The summed E-state index contributed by atoms with van der Waals surface area (Å²) < 4.78 is 0.674. The third-order valence-electron chi connectivity index (χ3n) is 2.07. The molecule has 0 unspecified atom stereocenters. The predicted octanol–water partition coefficient (Wildman–Crippen LogP) is 3.01. The average Bonchev–Trinajstić information content (AvgIpc) is 2.65. The van der Waals surface area contributed by atoms with E-state index in [0.717, 1.165) is 10.8 Å². The lowest BCUT2D eigenvalue weighted by atomic mass is 10.3. The molecule has 1 aromatic carbocycles. The van der Waals surface area contributed by atoms with E-state index in [2.05, 4.69) is 20.4 Å². The minimum atomic E-state index is 0.674. The van der Waals surface area contributed by atoms with Crippen molar-refractivity contribution >= 4 is 40.1 Å². The molecule has 1 aromatic heterocycles. The van der Waals surface area contributed by atoms with Gasteiger partial charge in [-0.15, -0.1) is 5.10 Å². The van der Waals surface area contributed by atoms with Gasteiger partial charge in [-0.1, -0.05) is 11.3 Å². The van der Waals surface area contributed by atoms with Crippen molar-refractivity contribution in [2.75, 3.05) is 24.3 Å². The lowest BCUT2D eigenvalue weighted by Crippen LogP contribution is -2.08. The van der Waals surface area contributed by atoms with E-state index in [1.165, 1.54) is 17.0 Å². The summed E-state index contributed by atoms with van der Waals surface area (Å²) in [6.07, 6.45) is 0. The van der Waals surface area contributed by atoms with Gasteiger partial charge in [-0.25, -0.2) is 0 Å². The summed E-state index contributed by atoms with van der Waals surface area (Å²) in [5, 5.41) is 10.7. The number of nitrogens with one attached hydrogen (secondary N) is 2. The molecule has 0 aliphatic rings. The Hall–Kier alpha value is -1.40. The highest BCUT2D eigenvalue weighted by molar-refractivity contribution is 7.73. The Morgan fingerprint density at radius 3 is 2.50 bits per heavy atom. The van der Waals surface area contributed by atoms with Crippen LogP contribution in [0, 0.1) is 3.95 Å². The van der Waals surface area contributed by atoms with Gasteiger partial charge in [-0.05, 0) is 36.5 Å². The van der Waals surface area contributed by atoms with Gasteiger partial charge in [-0.3, -0.25) is 5.10 Å². The molecule has 0 aliphatic heterocycles. The van der Waals surface area contributed by atoms with E-state index in [-0.39, 0.29) is 0 Å². The maximum Gasteiger partial charge on any atom is 0.208 e. The van der Waals surface area contributed by atoms with E-state index >= 15 is 0 Å². The third-order valence-corrected chi connectivity index (χ3v) is 3.08. The monoisotopic (exact) mass is 252 g/mol. The fourth-order valence-electron chi connectivity index (χ4n) is 1.25. The Morgan fingerprint density at radius 2 is 2.00 bits per heavy atom. The van der Waals surface area contributed by atoms with Crippen LogP contribution in [0.4, 0.5) is 16.5 Å². The van der Waals surface area contributed by atoms with E-state index in [4.69, 9.17) is 12.2 Å². The molecule has 0 saturated carbocycles. The second-order valence-electron chi connectivity index (χ2n) is 3.48. The van der Waals surface area contributed by atoms with Crippen molar-refractivity contribution in [2.24, 2.45) is 0 Å². The summed E-state index contributed by atoms with van der Waals surface area (Å²) in [5.74, 6) is 0. The molecule has 0 spiro atoms. The van der Waals surface area contributed by atoms with Gasteiger partial charge in [0.1, 0.15) is 0 Å². The smallest absolute Gasteiger partial charge is 0.208 e. The van der Waals surface area contributed by atoms with E-state index < -0.39 is 0 Å². The number of hydrogen-bond donors (Lipinski definition) is 2. The van der Waals surface area contributed by atoms with Gasteiger partial charge < -0.3 is 10.2 Å². The maximum atomic E-state index is 4.96. The molecule has 1 heterocycles. The number of hydrogen-bond acceptors (Lipinski definition) is 5. The molecule has 0 radical (unpaired) electrons. The fraction of sp³-hybridized carbons (Fsp3) is 0.200. The zero-order valence-corrected chi connectivity index (χ0v) is 10.7. The molecular formula is C10H12N4S2. The summed E-state index contributed by atoms with van der Waals surface area (Å²) in [5.41, 5.74) is 2.17. The Labute approximate surface area is 103 Å². The lowest BCUT2D eigenvalue weighted by Gasteiger charge is -2.12. The first-order valence-electron chi connectivity index (χ1n) is 4.75. The summed E-state index contributed by atoms with van der Waals surface area (Å²) in [6.45, 7) is 0. The largest absolute Gasteiger partial charge is 0.378 e. The van der Waals surface area contributed by atoms with Gasteiger partial charge in [-0.2, -0.15) is 0 Å². The highest BCUT2D eigenvalue weighted by Crippen LogP contribution is 2.21. The molecule has 2 N–H and O–H groups in total. The van der Waals surface area contributed by atoms with Crippen molar-refractivity contribution in [3.8, 4) is 0 Å². The number of anilines is 3. The minimum Gasteiger partial charge on any atom is -0.378 e. The first-order valence-corrected chi connectivity index (χ1v) is 5.97. The molecule has 0 saturated heterocycles. The van der Waals surface area contributed by atoms with Crippen LogP contribution in [0.15, 0.2) is 24.3 Å². The van der Waals surface area contributed by atoms with Gasteiger partial charge in [0.2, 0.25) is 5.13 Å². The number of rotatable bonds is 3. The first-order chi connectivity index (χ1) is 7.65. The molecule has 2 aromatic rings. The second-order valence-corrected chi connectivity index (χ2v) is 5.15. The van der Waals surface area contributed by atoms with Crippen molar-refractivity contribution in [2.45, 2.75) is 0 Å². The summed E-state index contributed by atoms with van der Waals surface area (Å²) in [7, 11) is 4.03. The van der Waals surface area contributed by atoms with Crippen LogP contribution in [0.2, 0.25) is 0 Å². The molecule has 0 fully saturated rings. The van der Waals surface area contributed by atoms with E-state index in [9.17, 15) is 0 Å². The Bertz CT molecular complexity index is 512. The van der Waals surface area contributed by atoms with Crippen LogP contribution in [0.3, 0.4) is 0 Å². The molecule has 4 nitrogen and oxygen atoms in total. The Kier molecular flexibility index (Phi) is 3.21. The van der Waals surface area contributed by atoms with Crippen LogP contribution in [-0.4, -0.2) is 24.3 Å². The van der Waals surface area contributed by atoms with Gasteiger partial charge in [0.05, 0.1) is 0 Å². The van der Waals surface area contributed by atoms with Crippen LogP contribution in [0.1, 0.15) is 0 Å². The Morgan fingerprint density at radius 1 is 1.31 bits per heavy atom. The molecule has 6 heteroatoms. The number of H-pyrrole nitrogens is 1. The van der Waals surface area contributed by atoms with E-state index in [1.807, 2.05) is 38.4 Å². The van der Waals surface area contributed by atoms with Crippen LogP contribution < -0.4 is 10.2 Å². The second kappa shape index (κ2) is 4.63. The summed E-state index contributed by atoms with van der Waals surface area (Å²) in [4.78, 5) is 2.06. The average molecular weight is 252 g/mol. The lowest BCUT2D eigenvalue weighted by molar-refractivity contribution is 1.08. The molecule has 84 valence electrons. The zero-order valence-electron chi connectivity index (χ0n) is 9.02. The van der Waals surface area contributed by atoms with Gasteiger partial charge in [0.15, 0.2) is 3.95 Å². The number of benzene rings is 1. The highest BCUT2D eigenvalue weighted by atomic mass is 32.1. The third kappa shape index (κ3) is 2.59. The van der Waals surface area contributed by atoms with Crippen molar-refractivity contribution in [3.05, 3.63) is 28.2 Å². The molecule has 0 atom stereocenters. The van der Waals surface area contributed by atoms with Gasteiger partial charge in [0.25, 0.3) is 0 Å². The van der Waals surface area contributed by atoms with E-state index in [1.54, 1.807) is 0 Å². The zero-order chi connectivity index (χ0) is 11.5. The maximum absolute atomic E-state index is 4.96. The predicted molar refractivity (Wildman–Crippen MR) is 71.4 cm³/mol. The van der Waals surface area contributed by atoms with E-state index in [0.29, 0.717) is 3.95 Å². The van der Waals surface area contributed by atoms with Crippen LogP contribution in [0.25, 0.3) is 0 Å². The van der Waals surface area contributed by atoms with Crippen molar-refractivity contribution in [1.29, 1.82) is 0 Å². The normalized spacial score (nSPS) is 10.1. The topological polar surface area (TPSA) is 44.0 Å². The molecule has 0 amide bonds. The highest BCUT2D eigenvalue weighted by Gasteiger charge is 1.99. The fourth-order valence-corrected chi connectivity index (χ4v) is 2.06. The van der Waals surface area contributed by atoms with Crippen LogP contribution in [0.5, 0.6) is 0 Å². The molecular weight excluding hydrogens is 240 g/mol. The summed E-state index contributed by atoms with van der Waals surface area (Å²) in [6, 6.07) is 8.13.